The zero-order valence-electron chi connectivity index (χ0n) is 10.8. The second kappa shape index (κ2) is 5.97. The largest absolute Gasteiger partial charge is 0.417 e. The topological polar surface area (TPSA) is 56.6 Å². The van der Waals surface area contributed by atoms with Crippen molar-refractivity contribution in [1.82, 2.24) is 4.98 Å². The highest BCUT2D eigenvalue weighted by Gasteiger charge is 2.33. The summed E-state index contributed by atoms with van der Waals surface area (Å²) in [4.78, 5) is 5.62. The van der Waals surface area contributed by atoms with Gasteiger partial charge in [0.15, 0.2) is 0 Å². The van der Waals surface area contributed by atoms with Crippen LogP contribution < -0.4 is 4.90 Å². The summed E-state index contributed by atoms with van der Waals surface area (Å²) in [5, 5.41) is 18.7. The predicted octanol–water partition coefficient (Wildman–Crippen LogP) is 1.67. The number of pyridine rings is 1. The Morgan fingerprint density at radius 3 is 2.50 bits per heavy atom. The molecule has 0 spiro atoms. The van der Waals surface area contributed by atoms with E-state index >= 15 is 0 Å². The van der Waals surface area contributed by atoms with Crippen molar-refractivity contribution >= 4 is 5.82 Å². The lowest BCUT2D eigenvalue weighted by Gasteiger charge is -2.40. The van der Waals surface area contributed by atoms with Crippen LogP contribution in [0.4, 0.5) is 19.0 Å². The summed E-state index contributed by atoms with van der Waals surface area (Å²) in [6.07, 6.45) is -2.01. The van der Waals surface area contributed by atoms with Crippen molar-refractivity contribution in [3.63, 3.8) is 0 Å². The van der Waals surface area contributed by atoms with Gasteiger partial charge in [-0.1, -0.05) is 0 Å². The van der Waals surface area contributed by atoms with E-state index in [1.165, 1.54) is 6.07 Å². The fraction of sp³-hybridized carbons (Fsp3) is 0.615. The maximum Gasteiger partial charge on any atom is 0.417 e. The number of alkyl halides is 3. The zero-order chi connectivity index (χ0) is 14.8. The summed E-state index contributed by atoms with van der Waals surface area (Å²) in [7, 11) is 0. The third-order valence-electron chi connectivity index (χ3n) is 3.71. The first-order valence-corrected chi connectivity index (χ1v) is 6.49. The van der Waals surface area contributed by atoms with Gasteiger partial charge in [-0.15, -0.1) is 0 Å². The van der Waals surface area contributed by atoms with Gasteiger partial charge in [0.05, 0.1) is 18.2 Å². The molecule has 0 amide bonds. The number of piperidine rings is 1. The van der Waals surface area contributed by atoms with Crippen molar-refractivity contribution < 1.29 is 23.4 Å². The van der Waals surface area contributed by atoms with E-state index in [0.717, 1.165) is 25.1 Å². The number of aliphatic hydroxyl groups excluding tert-OH is 2. The van der Waals surface area contributed by atoms with Crippen molar-refractivity contribution in [3.8, 4) is 0 Å². The molecule has 0 aromatic carbocycles. The Morgan fingerprint density at radius 2 is 2.00 bits per heavy atom. The Bertz CT molecular complexity index is 436. The standard InChI is InChI=1S/C13H17F3N2O2/c14-13(15,16)10-3-4-12(17-6-10)18-5-1-2-9(7-19)11(18)8-20/h3-4,6,9,11,19-20H,1-2,5,7-8H2/t9-,11+/m1/s1. The predicted molar refractivity (Wildman–Crippen MR) is 67.3 cm³/mol. The van der Waals surface area contributed by atoms with Crippen LogP contribution in [-0.2, 0) is 6.18 Å². The smallest absolute Gasteiger partial charge is 0.396 e. The van der Waals surface area contributed by atoms with Crippen molar-refractivity contribution in [3.05, 3.63) is 23.9 Å². The molecule has 1 aromatic rings. The van der Waals surface area contributed by atoms with Gasteiger partial charge in [-0.25, -0.2) is 4.98 Å². The van der Waals surface area contributed by atoms with Crippen molar-refractivity contribution in [2.24, 2.45) is 5.92 Å². The van der Waals surface area contributed by atoms with Crippen LogP contribution in [0.25, 0.3) is 0 Å². The van der Waals surface area contributed by atoms with Gasteiger partial charge in [0.2, 0.25) is 0 Å². The van der Waals surface area contributed by atoms with Gasteiger partial charge in [0, 0.05) is 25.3 Å². The summed E-state index contributed by atoms with van der Waals surface area (Å²) in [6, 6.07) is 1.99. The molecule has 1 saturated heterocycles. The van der Waals surface area contributed by atoms with Crippen LogP contribution in [0.15, 0.2) is 18.3 Å². The molecule has 112 valence electrons. The van der Waals surface area contributed by atoms with Crippen LogP contribution in [0.1, 0.15) is 18.4 Å². The number of halogens is 3. The normalized spacial score (nSPS) is 23.9. The molecule has 1 aromatic heterocycles. The molecule has 0 radical (unpaired) electrons. The molecule has 1 aliphatic rings. The number of anilines is 1. The summed E-state index contributed by atoms with van der Waals surface area (Å²) < 4.78 is 37.5. The van der Waals surface area contributed by atoms with Crippen molar-refractivity contribution in [2.45, 2.75) is 25.1 Å². The first-order chi connectivity index (χ1) is 9.47. The lowest BCUT2D eigenvalue weighted by molar-refractivity contribution is -0.137. The third kappa shape index (κ3) is 3.04. The molecule has 2 N–H and O–H groups in total. The highest BCUT2D eigenvalue weighted by Crippen LogP contribution is 2.31. The van der Waals surface area contributed by atoms with Crippen molar-refractivity contribution in [1.29, 1.82) is 0 Å². The lowest BCUT2D eigenvalue weighted by Crippen LogP contribution is -2.49. The van der Waals surface area contributed by atoms with E-state index in [1.54, 1.807) is 4.90 Å². The fourth-order valence-corrected chi connectivity index (χ4v) is 2.61. The van der Waals surface area contributed by atoms with Gasteiger partial charge in [-0.2, -0.15) is 13.2 Å². The number of aromatic nitrogens is 1. The first-order valence-electron chi connectivity index (χ1n) is 6.49. The van der Waals surface area contributed by atoms with E-state index in [2.05, 4.69) is 4.98 Å². The van der Waals surface area contributed by atoms with E-state index in [4.69, 9.17) is 0 Å². The van der Waals surface area contributed by atoms with E-state index in [-0.39, 0.29) is 25.2 Å². The minimum atomic E-state index is -4.41. The molecule has 2 rings (SSSR count). The van der Waals surface area contributed by atoms with E-state index in [1.807, 2.05) is 0 Å². The number of rotatable bonds is 3. The minimum absolute atomic E-state index is 0.0532. The van der Waals surface area contributed by atoms with Gasteiger partial charge < -0.3 is 15.1 Å². The summed E-state index contributed by atoms with van der Waals surface area (Å²) in [6.45, 7) is 0.399. The van der Waals surface area contributed by atoms with Gasteiger partial charge in [-0.3, -0.25) is 0 Å². The third-order valence-corrected chi connectivity index (χ3v) is 3.71. The van der Waals surface area contributed by atoms with Crippen LogP contribution >= 0.6 is 0 Å². The van der Waals surface area contributed by atoms with E-state index in [9.17, 15) is 23.4 Å². The number of hydrogen-bond acceptors (Lipinski definition) is 4. The first kappa shape index (κ1) is 15.1. The zero-order valence-corrected chi connectivity index (χ0v) is 10.8. The highest BCUT2D eigenvalue weighted by atomic mass is 19.4. The monoisotopic (exact) mass is 290 g/mol. The number of nitrogens with zero attached hydrogens (tertiary/aromatic N) is 2. The summed E-state index contributed by atoms with van der Waals surface area (Å²) >= 11 is 0. The van der Waals surface area contributed by atoms with Crippen LogP contribution in [0.2, 0.25) is 0 Å². The molecule has 0 bridgehead atoms. The Balaban J connectivity index is 2.21. The molecule has 0 unspecified atom stereocenters. The number of aliphatic hydroxyl groups is 2. The Kier molecular flexibility index (Phi) is 4.49. The summed E-state index contributed by atoms with van der Waals surface area (Å²) in [5.41, 5.74) is -0.794. The van der Waals surface area contributed by atoms with Crippen molar-refractivity contribution in [2.75, 3.05) is 24.7 Å². The van der Waals surface area contributed by atoms with Crippen LogP contribution in [-0.4, -0.2) is 41.0 Å². The molecule has 1 aliphatic heterocycles. The molecular formula is C13H17F3N2O2. The quantitative estimate of drug-likeness (QED) is 0.889. The fourth-order valence-electron chi connectivity index (χ4n) is 2.61. The van der Waals surface area contributed by atoms with Crippen LogP contribution in [0.5, 0.6) is 0 Å². The SMILES string of the molecule is OC[C@H]1CCCN(c2ccc(C(F)(F)F)cn2)[C@H]1CO. The van der Waals surface area contributed by atoms with Gasteiger partial charge >= 0.3 is 6.18 Å². The molecule has 2 atom stereocenters. The average molecular weight is 290 g/mol. The Morgan fingerprint density at radius 1 is 1.25 bits per heavy atom. The van der Waals surface area contributed by atoms with E-state index in [0.29, 0.717) is 12.4 Å². The second-order valence-electron chi connectivity index (χ2n) is 4.93. The maximum absolute atomic E-state index is 12.5. The lowest BCUT2D eigenvalue weighted by atomic mass is 9.90. The van der Waals surface area contributed by atoms with Crippen LogP contribution in [0.3, 0.4) is 0 Å². The molecule has 0 aliphatic carbocycles. The molecule has 0 saturated carbocycles. The molecule has 7 heteroatoms. The number of hydrogen-bond donors (Lipinski definition) is 2. The average Bonchev–Trinajstić information content (AvgIpc) is 2.45. The van der Waals surface area contributed by atoms with Gasteiger partial charge in [0.25, 0.3) is 0 Å². The Labute approximate surface area is 114 Å². The second-order valence-corrected chi connectivity index (χ2v) is 4.93. The van der Waals surface area contributed by atoms with Gasteiger partial charge in [-0.05, 0) is 25.0 Å². The highest BCUT2D eigenvalue weighted by molar-refractivity contribution is 5.42. The molecular weight excluding hydrogens is 273 g/mol. The summed E-state index contributed by atoms with van der Waals surface area (Å²) in [5.74, 6) is 0.313. The molecule has 1 fully saturated rings. The maximum atomic E-state index is 12.5. The molecule has 4 nitrogen and oxygen atoms in total. The molecule has 2 heterocycles. The Hall–Kier alpha value is -1.34. The van der Waals surface area contributed by atoms with Gasteiger partial charge in [0.1, 0.15) is 5.82 Å². The minimum Gasteiger partial charge on any atom is -0.396 e. The van der Waals surface area contributed by atoms with E-state index < -0.39 is 11.7 Å². The molecule has 20 heavy (non-hydrogen) atoms. The van der Waals surface area contributed by atoms with Crippen LogP contribution in [0, 0.1) is 5.92 Å².